The standard InChI is InChI=1S/C13H20N2OS/c1-3-15-6-4-5-11(8-15)7-13-14-12(9-17-13)10(2)16/h9,11H,3-8H2,1-2H3. The maximum Gasteiger partial charge on any atom is 0.178 e. The fourth-order valence-electron chi connectivity index (χ4n) is 2.42. The van der Waals surface area contributed by atoms with E-state index in [1.54, 1.807) is 18.3 Å². The number of likely N-dealkylation sites (tertiary alicyclic amines) is 1. The number of ketones is 1. The smallest absolute Gasteiger partial charge is 0.178 e. The summed E-state index contributed by atoms with van der Waals surface area (Å²) in [4.78, 5) is 18.1. The molecular formula is C13H20N2OS. The number of piperidine rings is 1. The number of aromatic nitrogens is 1. The molecule has 1 unspecified atom stereocenters. The Balaban J connectivity index is 1.93. The monoisotopic (exact) mass is 252 g/mol. The molecule has 2 heterocycles. The van der Waals surface area contributed by atoms with E-state index >= 15 is 0 Å². The summed E-state index contributed by atoms with van der Waals surface area (Å²) in [5.41, 5.74) is 0.633. The average Bonchev–Trinajstić information content (AvgIpc) is 2.78. The molecule has 1 aliphatic rings. The highest BCUT2D eigenvalue weighted by Gasteiger charge is 2.20. The number of rotatable bonds is 4. The van der Waals surface area contributed by atoms with Crippen LogP contribution < -0.4 is 0 Å². The molecular weight excluding hydrogens is 232 g/mol. The van der Waals surface area contributed by atoms with Crippen molar-refractivity contribution in [3.63, 3.8) is 0 Å². The van der Waals surface area contributed by atoms with Crippen molar-refractivity contribution in [2.75, 3.05) is 19.6 Å². The number of Topliss-reactive ketones (excluding diaryl/α,β-unsaturated/α-hetero) is 1. The number of hydrogen-bond donors (Lipinski definition) is 0. The summed E-state index contributed by atoms with van der Waals surface area (Å²) in [5, 5.41) is 3.01. The third-order valence-electron chi connectivity index (χ3n) is 3.43. The molecule has 94 valence electrons. The number of nitrogens with zero attached hydrogens (tertiary/aromatic N) is 2. The van der Waals surface area contributed by atoms with E-state index in [0.717, 1.165) is 23.9 Å². The quantitative estimate of drug-likeness (QED) is 0.772. The summed E-state index contributed by atoms with van der Waals surface area (Å²) in [6.07, 6.45) is 3.63. The normalized spacial score (nSPS) is 21.6. The first-order valence-electron chi connectivity index (χ1n) is 6.36. The van der Waals surface area contributed by atoms with Crippen LogP contribution in [-0.4, -0.2) is 35.3 Å². The van der Waals surface area contributed by atoms with E-state index in [4.69, 9.17) is 0 Å². The molecule has 3 nitrogen and oxygen atoms in total. The third-order valence-corrected chi connectivity index (χ3v) is 4.30. The zero-order valence-electron chi connectivity index (χ0n) is 10.6. The average molecular weight is 252 g/mol. The summed E-state index contributed by atoms with van der Waals surface area (Å²) in [5.74, 6) is 0.793. The summed E-state index contributed by atoms with van der Waals surface area (Å²) in [6, 6.07) is 0. The molecule has 0 N–H and O–H groups in total. The Labute approximate surface area is 107 Å². The van der Waals surface area contributed by atoms with Crippen LogP contribution in [0.3, 0.4) is 0 Å². The van der Waals surface area contributed by atoms with Gasteiger partial charge < -0.3 is 4.90 Å². The number of carbonyl (C=O) groups is 1. The summed E-state index contributed by atoms with van der Waals surface area (Å²) in [7, 11) is 0. The molecule has 2 rings (SSSR count). The van der Waals surface area contributed by atoms with E-state index in [1.165, 1.54) is 25.9 Å². The molecule has 17 heavy (non-hydrogen) atoms. The van der Waals surface area contributed by atoms with Crippen LogP contribution in [0.4, 0.5) is 0 Å². The molecule has 0 spiro atoms. The van der Waals surface area contributed by atoms with Gasteiger partial charge in [0, 0.05) is 25.3 Å². The first kappa shape index (κ1) is 12.7. The predicted molar refractivity (Wildman–Crippen MR) is 70.7 cm³/mol. The molecule has 0 radical (unpaired) electrons. The van der Waals surface area contributed by atoms with Crippen molar-refractivity contribution in [3.8, 4) is 0 Å². The van der Waals surface area contributed by atoms with Crippen molar-refractivity contribution in [3.05, 3.63) is 16.1 Å². The molecule has 0 aliphatic carbocycles. The van der Waals surface area contributed by atoms with E-state index in [0.29, 0.717) is 5.69 Å². The van der Waals surface area contributed by atoms with Crippen molar-refractivity contribution in [2.45, 2.75) is 33.1 Å². The highest BCUT2D eigenvalue weighted by atomic mass is 32.1. The Morgan fingerprint density at radius 2 is 2.47 bits per heavy atom. The van der Waals surface area contributed by atoms with E-state index < -0.39 is 0 Å². The Hall–Kier alpha value is -0.740. The van der Waals surface area contributed by atoms with Crippen LogP contribution in [0.2, 0.25) is 0 Å². The van der Waals surface area contributed by atoms with Crippen LogP contribution in [0.1, 0.15) is 42.2 Å². The fraction of sp³-hybridized carbons (Fsp3) is 0.692. The third kappa shape index (κ3) is 3.36. The molecule has 4 heteroatoms. The van der Waals surface area contributed by atoms with E-state index in [-0.39, 0.29) is 5.78 Å². The van der Waals surface area contributed by atoms with Gasteiger partial charge in [-0.3, -0.25) is 4.79 Å². The Kier molecular flexibility index (Phi) is 4.29. The van der Waals surface area contributed by atoms with Crippen molar-refractivity contribution in [1.29, 1.82) is 0 Å². The van der Waals surface area contributed by atoms with Crippen molar-refractivity contribution < 1.29 is 4.79 Å². The van der Waals surface area contributed by atoms with Crippen LogP contribution in [0.5, 0.6) is 0 Å². The summed E-state index contributed by atoms with van der Waals surface area (Å²) in [6.45, 7) is 7.38. The number of carbonyl (C=O) groups excluding carboxylic acids is 1. The van der Waals surface area contributed by atoms with Gasteiger partial charge in [0.1, 0.15) is 5.69 Å². The van der Waals surface area contributed by atoms with Crippen LogP contribution in [-0.2, 0) is 6.42 Å². The van der Waals surface area contributed by atoms with Gasteiger partial charge in [-0.05, 0) is 31.8 Å². The van der Waals surface area contributed by atoms with Crippen LogP contribution >= 0.6 is 11.3 Å². The molecule has 0 saturated carbocycles. The maximum atomic E-state index is 11.2. The van der Waals surface area contributed by atoms with Crippen LogP contribution in [0.25, 0.3) is 0 Å². The van der Waals surface area contributed by atoms with Crippen LogP contribution in [0.15, 0.2) is 5.38 Å². The van der Waals surface area contributed by atoms with Gasteiger partial charge in [-0.2, -0.15) is 0 Å². The SMILES string of the molecule is CCN1CCCC(Cc2nc(C(C)=O)cs2)C1. The second-order valence-electron chi connectivity index (χ2n) is 4.79. The molecule has 1 aromatic rings. The van der Waals surface area contributed by atoms with Gasteiger partial charge in [0.2, 0.25) is 0 Å². The number of hydrogen-bond acceptors (Lipinski definition) is 4. The second-order valence-corrected chi connectivity index (χ2v) is 5.73. The molecule has 1 saturated heterocycles. The topological polar surface area (TPSA) is 33.2 Å². The molecule has 1 aliphatic heterocycles. The van der Waals surface area contributed by atoms with Crippen LogP contribution in [0, 0.1) is 5.92 Å². The van der Waals surface area contributed by atoms with Crippen molar-refractivity contribution >= 4 is 17.1 Å². The van der Waals surface area contributed by atoms with Gasteiger partial charge in [0.25, 0.3) is 0 Å². The molecule has 0 aromatic carbocycles. The van der Waals surface area contributed by atoms with Gasteiger partial charge in [0.05, 0.1) is 5.01 Å². The molecule has 0 bridgehead atoms. The Bertz CT molecular complexity index is 389. The van der Waals surface area contributed by atoms with Gasteiger partial charge in [-0.15, -0.1) is 11.3 Å². The lowest BCUT2D eigenvalue weighted by atomic mass is 9.95. The molecule has 0 amide bonds. The summed E-state index contributed by atoms with van der Waals surface area (Å²) >= 11 is 1.63. The maximum absolute atomic E-state index is 11.2. The van der Waals surface area contributed by atoms with E-state index in [2.05, 4.69) is 16.8 Å². The minimum Gasteiger partial charge on any atom is -0.303 e. The Morgan fingerprint density at radius 3 is 3.12 bits per heavy atom. The zero-order valence-corrected chi connectivity index (χ0v) is 11.4. The Morgan fingerprint density at radius 1 is 1.65 bits per heavy atom. The highest BCUT2D eigenvalue weighted by Crippen LogP contribution is 2.22. The highest BCUT2D eigenvalue weighted by molar-refractivity contribution is 7.09. The van der Waals surface area contributed by atoms with Crippen molar-refractivity contribution in [1.82, 2.24) is 9.88 Å². The fourth-order valence-corrected chi connectivity index (χ4v) is 3.37. The number of thiazole rings is 1. The summed E-state index contributed by atoms with van der Waals surface area (Å²) < 4.78 is 0. The van der Waals surface area contributed by atoms with Gasteiger partial charge in [0.15, 0.2) is 5.78 Å². The molecule has 1 atom stereocenters. The molecule has 1 fully saturated rings. The second kappa shape index (κ2) is 5.74. The minimum absolute atomic E-state index is 0.0753. The van der Waals surface area contributed by atoms with Gasteiger partial charge in [-0.25, -0.2) is 4.98 Å². The van der Waals surface area contributed by atoms with Gasteiger partial charge >= 0.3 is 0 Å². The lowest BCUT2D eigenvalue weighted by molar-refractivity contribution is 0.101. The van der Waals surface area contributed by atoms with Gasteiger partial charge in [-0.1, -0.05) is 6.92 Å². The predicted octanol–water partition coefficient (Wildman–Crippen LogP) is 2.62. The lowest BCUT2D eigenvalue weighted by Crippen LogP contribution is -2.35. The molecule has 1 aromatic heterocycles. The largest absolute Gasteiger partial charge is 0.303 e. The van der Waals surface area contributed by atoms with E-state index in [1.807, 2.05) is 5.38 Å². The lowest BCUT2D eigenvalue weighted by Gasteiger charge is -2.31. The van der Waals surface area contributed by atoms with E-state index in [9.17, 15) is 4.79 Å². The first-order valence-corrected chi connectivity index (χ1v) is 7.24. The minimum atomic E-state index is 0.0753. The first-order chi connectivity index (χ1) is 8.19. The zero-order chi connectivity index (χ0) is 12.3. The van der Waals surface area contributed by atoms with Crippen molar-refractivity contribution in [2.24, 2.45) is 5.92 Å².